The number of halogens is 4. The van der Waals surface area contributed by atoms with Gasteiger partial charge < -0.3 is 31.4 Å². The quantitative estimate of drug-likeness (QED) is 0.0619. The summed E-state index contributed by atoms with van der Waals surface area (Å²) in [5.41, 5.74) is 1.24. The van der Waals surface area contributed by atoms with Crippen LogP contribution in [0.5, 0.6) is 11.5 Å². The van der Waals surface area contributed by atoms with E-state index in [4.69, 9.17) is 46.4 Å². The van der Waals surface area contributed by atoms with Crippen molar-refractivity contribution in [2.24, 2.45) is 0 Å². The minimum Gasteiger partial charge on any atom is -0.691 e. The van der Waals surface area contributed by atoms with Crippen LogP contribution in [0.15, 0.2) is 70.5 Å². The third-order valence-electron chi connectivity index (χ3n) is 5.80. The molecule has 6 aromatic rings. The zero-order valence-electron chi connectivity index (χ0n) is 25.1. The summed E-state index contributed by atoms with van der Waals surface area (Å²) in [5, 5.41) is 54.8. The molecule has 0 atom stereocenters. The fraction of sp³-hybridized carbons (Fsp3) is 0. The predicted molar refractivity (Wildman–Crippen MR) is 174 cm³/mol. The molecule has 6 rings (SSSR count). The molecule has 4 N–H and O–H groups in total. The fourth-order valence-electron chi connectivity index (χ4n) is 4.01. The Morgan fingerprint density at radius 3 is 1.48 bits per heavy atom. The van der Waals surface area contributed by atoms with E-state index in [-0.39, 0.29) is 104 Å². The molecule has 0 aliphatic rings. The number of nitrogens with one attached hydrogen (secondary N) is 2. The second-order valence-electron chi connectivity index (χ2n) is 8.84. The Morgan fingerprint density at radius 1 is 0.540 bits per heavy atom. The van der Waals surface area contributed by atoms with Crippen molar-refractivity contribution in [3.8, 4) is 11.5 Å². The molecule has 4 aromatic carbocycles. The molecular formula is C26H14Cl4N8Na2O8S2. The Morgan fingerprint density at radius 2 is 0.980 bits per heavy atom. The molecule has 0 radical (unpaired) electrons. The molecule has 2 aromatic heterocycles. The molecule has 0 aliphatic heterocycles. The maximum absolute atomic E-state index is 10.1. The summed E-state index contributed by atoms with van der Waals surface area (Å²) >= 11 is 24.3. The Hall–Kier alpha value is -1.76. The van der Waals surface area contributed by atoms with Gasteiger partial charge in [-0.05, 0) is 112 Å². The molecule has 0 saturated carbocycles. The number of anilines is 4. The van der Waals surface area contributed by atoms with Crippen LogP contribution in [0.25, 0.3) is 21.5 Å². The number of aromatic nitrogens is 6. The maximum atomic E-state index is 10.1. The van der Waals surface area contributed by atoms with E-state index in [1.165, 1.54) is 12.1 Å². The number of phenols is 2. The first-order valence-electron chi connectivity index (χ1n) is 12.6. The number of rotatable bonds is 10. The zero-order chi connectivity index (χ0) is 34.2. The number of benzene rings is 4. The van der Waals surface area contributed by atoms with E-state index in [1.54, 1.807) is 48.5 Å². The van der Waals surface area contributed by atoms with E-state index in [1.807, 2.05) is 0 Å². The van der Waals surface area contributed by atoms with E-state index < -0.39 is 0 Å². The standard InChI is InChI=1S/2C13H8Cl2N4O4S.2Na/c14-11-17-12(15)19-13(18-11)16-7-1-2-9-6(3-7)4-8(5-10(9)20)24-23-22-21;14-11-17-12(15)19-13(18-11)16-7-2-1-6-3-8(24-23-22-21)5-10(20)9(6)4-7;;/h2*1-5,20-21H,(H,16,17,18,19);;/q;;2*+1/p-2. The van der Waals surface area contributed by atoms with Gasteiger partial charge >= 0.3 is 59.1 Å². The van der Waals surface area contributed by atoms with Crippen molar-refractivity contribution in [1.29, 1.82) is 0 Å². The molecule has 2 heterocycles. The molecule has 0 amide bonds. The van der Waals surface area contributed by atoms with Crippen LogP contribution >= 0.6 is 70.5 Å². The third-order valence-corrected chi connectivity index (χ3v) is 7.58. The summed E-state index contributed by atoms with van der Waals surface area (Å²) in [5.74, 6) is 0.381. The number of aromatic hydroxyl groups is 2. The Bertz CT molecular complexity index is 2060. The molecule has 50 heavy (non-hydrogen) atoms. The minimum absolute atomic E-state index is 0. The van der Waals surface area contributed by atoms with Gasteiger partial charge in [-0.15, -0.1) is 0 Å². The molecule has 24 heteroatoms. The van der Waals surface area contributed by atoms with Crippen LogP contribution in [0, 0.1) is 0 Å². The average molecular weight is 818 g/mol. The van der Waals surface area contributed by atoms with Gasteiger partial charge in [-0.3, -0.25) is 10.1 Å². The van der Waals surface area contributed by atoms with Crippen LogP contribution in [0.3, 0.4) is 0 Å². The number of hydrogen-bond acceptors (Lipinski definition) is 18. The normalized spacial score (nSPS) is 10.5. The van der Waals surface area contributed by atoms with Crippen molar-refractivity contribution in [2.75, 3.05) is 10.6 Å². The summed E-state index contributed by atoms with van der Waals surface area (Å²) in [6.07, 6.45) is 0. The molecule has 0 aliphatic carbocycles. The van der Waals surface area contributed by atoms with Gasteiger partial charge in [0, 0.05) is 31.9 Å². The Labute approximate surface area is 353 Å². The van der Waals surface area contributed by atoms with Crippen molar-refractivity contribution < 1.29 is 98.6 Å². The number of phenolic OH excluding ortho intramolecular Hbond substituents is 2. The molecule has 16 nitrogen and oxygen atoms in total. The van der Waals surface area contributed by atoms with Crippen LogP contribution in [0.4, 0.5) is 23.3 Å². The second-order valence-corrected chi connectivity index (χ2v) is 11.7. The topological polar surface area (TPSA) is 225 Å². The molecule has 0 bridgehead atoms. The summed E-state index contributed by atoms with van der Waals surface area (Å²) in [7, 11) is 0. The monoisotopic (exact) mass is 816 g/mol. The molecule has 248 valence electrons. The SMILES string of the molecule is [Na+].[Na+].[O-]OOSc1cc(O)c2cc(Nc3nc(Cl)nc(Cl)n3)ccc2c1.[O-]OOSc1cc(O)c2ccc(Nc3nc(Cl)nc(Cl)n3)cc2c1. The predicted octanol–water partition coefficient (Wildman–Crippen LogP) is 0.0308. The second kappa shape index (κ2) is 20.5. The van der Waals surface area contributed by atoms with Crippen molar-refractivity contribution in [1.82, 2.24) is 29.9 Å². The van der Waals surface area contributed by atoms with Crippen molar-refractivity contribution >= 4 is 115 Å². The summed E-state index contributed by atoms with van der Waals surface area (Å²) in [4.78, 5) is 23.9. The summed E-state index contributed by atoms with van der Waals surface area (Å²) < 4.78 is 8.49. The van der Waals surface area contributed by atoms with Crippen molar-refractivity contribution in [3.63, 3.8) is 0 Å². The number of nitrogens with zero attached hydrogens (tertiary/aromatic N) is 6. The van der Waals surface area contributed by atoms with Gasteiger partial charge in [0.05, 0.1) is 24.1 Å². The van der Waals surface area contributed by atoms with Crippen LogP contribution in [-0.4, -0.2) is 40.1 Å². The van der Waals surface area contributed by atoms with E-state index in [9.17, 15) is 20.7 Å². The summed E-state index contributed by atoms with van der Waals surface area (Å²) in [6.45, 7) is 0. The van der Waals surface area contributed by atoms with E-state index >= 15 is 0 Å². The third kappa shape index (κ3) is 12.2. The van der Waals surface area contributed by atoms with Crippen molar-refractivity contribution in [2.45, 2.75) is 9.79 Å². The largest absolute Gasteiger partial charge is 1.00 e. The average Bonchev–Trinajstić information content (AvgIpc) is 3.02. The van der Waals surface area contributed by atoms with Crippen LogP contribution < -0.4 is 80.3 Å². The first kappa shape index (κ1) is 42.7. The first-order chi connectivity index (χ1) is 23.1. The van der Waals surface area contributed by atoms with Gasteiger partial charge in [0.25, 0.3) is 0 Å². The molecule has 0 fully saturated rings. The van der Waals surface area contributed by atoms with Crippen LogP contribution in [0.2, 0.25) is 21.1 Å². The summed E-state index contributed by atoms with van der Waals surface area (Å²) in [6, 6.07) is 16.7. The molecule has 0 spiro atoms. The fourth-order valence-corrected chi connectivity index (χ4v) is 5.62. The van der Waals surface area contributed by atoms with Gasteiger partial charge in [-0.1, -0.05) is 6.07 Å². The van der Waals surface area contributed by atoms with Crippen molar-refractivity contribution in [3.05, 3.63) is 81.8 Å². The number of fused-ring (bicyclic) bond motifs is 2. The van der Waals surface area contributed by atoms with Gasteiger partial charge in [-0.2, -0.15) is 38.6 Å². The van der Waals surface area contributed by atoms with Gasteiger partial charge in [-0.25, -0.2) is 0 Å². The van der Waals surface area contributed by atoms with E-state index in [0.29, 0.717) is 61.4 Å². The maximum Gasteiger partial charge on any atom is 1.00 e. The van der Waals surface area contributed by atoms with E-state index in [2.05, 4.69) is 59.3 Å². The molecular weight excluding hydrogens is 804 g/mol. The number of hydrogen-bond donors (Lipinski definition) is 4. The van der Waals surface area contributed by atoms with Crippen LogP contribution in [-0.2, 0) is 18.7 Å². The molecule has 0 saturated heterocycles. The Kier molecular flexibility index (Phi) is 17.5. The van der Waals surface area contributed by atoms with Gasteiger partial charge in [0.15, 0.2) is 0 Å². The minimum atomic E-state index is -0.0385. The van der Waals surface area contributed by atoms with Gasteiger partial charge in [0.1, 0.15) is 11.5 Å². The smallest absolute Gasteiger partial charge is 0.691 e. The zero-order valence-corrected chi connectivity index (χ0v) is 33.8. The van der Waals surface area contributed by atoms with E-state index in [0.717, 1.165) is 5.39 Å². The van der Waals surface area contributed by atoms with Gasteiger partial charge in [0.2, 0.25) is 33.0 Å². The Balaban J connectivity index is 0.000000260. The molecule has 0 unspecified atom stereocenters. The van der Waals surface area contributed by atoms with Crippen LogP contribution in [0.1, 0.15) is 0 Å². The first-order valence-corrected chi connectivity index (χ1v) is 15.6.